The zero-order valence-corrected chi connectivity index (χ0v) is 26.1. The third-order valence-corrected chi connectivity index (χ3v) is 12.3. The number of halogens is 6. The molecule has 2 aliphatic carbocycles. The second kappa shape index (κ2) is 10.3. The molecule has 0 saturated heterocycles. The molecule has 0 bridgehead atoms. The van der Waals surface area contributed by atoms with Crippen LogP contribution in [-0.2, 0) is 9.59 Å². The van der Waals surface area contributed by atoms with Crippen LogP contribution in [0.15, 0.2) is 105 Å². The number of carbonyl (C=O) groups is 2. The maximum Gasteiger partial charge on any atom is 0.380 e. The Labute approximate surface area is 264 Å². The van der Waals surface area contributed by atoms with E-state index in [1.165, 1.54) is 13.8 Å². The first kappa shape index (κ1) is 31.6. The van der Waals surface area contributed by atoms with Crippen LogP contribution >= 0.6 is 23.5 Å². The molecule has 45 heavy (non-hydrogen) atoms. The van der Waals surface area contributed by atoms with Crippen molar-refractivity contribution in [1.29, 1.82) is 0 Å². The third-order valence-electron chi connectivity index (χ3n) is 9.06. The van der Waals surface area contributed by atoms with Gasteiger partial charge in [0.15, 0.2) is 0 Å². The summed E-state index contributed by atoms with van der Waals surface area (Å²) in [6.45, 7) is 6.36. The van der Waals surface area contributed by atoms with E-state index in [2.05, 4.69) is 10.6 Å². The summed E-state index contributed by atoms with van der Waals surface area (Å²) in [5.74, 6) is -17.6. The van der Waals surface area contributed by atoms with Gasteiger partial charge in [0.05, 0.1) is 31.4 Å². The van der Waals surface area contributed by atoms with E-state index >= 15 is 26.3 Å². The molecule has 0 radical (unpaired) electrons. The van der Waals surface area contributed by atoms with E-state index in [4.69, 9.17) is 0 Å². The van der Waals surface area contributed by atoms with E-state index in [9.17, 15) is 9.59 Å². The van der Waals surface area contributed by atoms with E-state index in [0.29, 0.717) is 0 Å². The van der Waals surface area contributed by atoms with E-state index in [-0.39, 0.29) is 9.81 Å². The molecule has 0 spiro atoms. The standard InChI is InChI=1S/C33H28F6N2O2S2/c1-17(19-11-7-5-8-12-19)40-27(42)23-15-21-25-26(32(36,37)33(38,39)31(25,34)35)22-16-24(45-30(22,4)29(21,3)44-23)28(43)41-18(2)20-13-9-6-10-14-20/h5-18H,1-4H3,(H,40,42)(H,41,43)/t17-,18-,29?,30?/m0/s1. The molecule has 6 rings (SSSR count). The molecule has 1 saturated carbocycles. The molecule has 12 heteroatoms. The molecule has 2 heterocycles. The SMILES string of the molecule is C[C@H](NC(=O)C1=CC2=C3C(=C4C=C(C(=O)N[C@@H](C)c5ccccc5)SC4(C)C2(C)S1)C(F)(F)C(F)(F)C3(F)F)c1ccccc1. The average Bonchev–Trinajstić information content (AvgIpc) is 3.58. The Kier molecular flexibility index (Phi) is 7.24. The second-order valence-electron chi connectivity index (χ2n) is 11.8. The lowest BCUT2D eigenvalue weighted by atomic mass is 9.71. The van der Waals surface area contributed by atoms with Gasteiger partial charge in [0.1, 0.15) is 0 Å². The molecule has 4 nitrogen and oxygen atoms in total. The predicted molar refractivity (Wildman–Crippen MR) is 163 cm³/mol. The summed E-state index contributed by atoms with van der Waals surface area (Å²) >= 11 is 1.68. The summed E-state index contributed by atoms with van der Waals surface area (Å²) in [5, 5.41) is 5.56. The Bertz CT molecular complexity index is 1610. The summed E-state index contributed by atoms with van der Waals surface area (Å²) in [7, 11) is 0. The highest BCUT2D eigenvalue weighted by Gasteiger charge is 2.84. The molecule has 236 valence electrons. The summed E-state index contributed by atoms with van der Waals surface area (Å²) in [4.78, 5) is 26.7. The van der Waals surface area contributed by atoms with Crippen LogP contribution in [0, 0.1) is 0 Å². The highest BCUT2D eigenvalue weighted by atomic mass is 32.2. The van der Waals surface area contributed by atoms with Crippen molar-refractivity contribution in [2.75, 3.05) is 0 Å². The molecule has 4 aliphatic rings. The van der Waals surface area contributed by atoms with Crippen molar-refractivity contribution in [3.05, 3.63) is 116 Å². The lowest BCUT2D eigenvalue weighted by molar-refractivity contribution is -0.258. The highest BCUT2D eigenvalue weighted by molar-refractivity contribution is 8.10. The molecule has 2 N–H and O–H groups in total. The van der Waals surface area contributed by atoms with Crippen LogP contribution in [0.2, 0.25) is 0 Å². The van der Waals surface area contributed by atoms with E-state index in [1.54, 1.807) is 74.5 Å². The van der Waals surface area contributed by atoms with Crippen molar-refractivity contribution in [3.63, 3.8) is 0 Å². The normalized spacial score (nSPS) is 28.4. The summed E-state index contributed by atoms with van der Waals surface area (Å²) in [5.41, 5.74) is -2.42. The number of thioether (sulfide) groups is 2. The molecule has 2 aliphatic heterocycles. The average molecular weight is 663 g/mol. The first-order chi connectivity index (χ1) is 21.0. The summed E-state index contributed by atoms with van der Waals surface area (Å²) in [6, 6.07) is 16.8. The maximum absolute atomic E-state index is 15.6. The minimum atomic E-state index is -5.74. The van der Waals surface area contributed by atoms with E-state index < -0.39 is 73.5 Å². The zero-order chi connectivity index (χ0) is 32.7. The molecular weight excluding hydrogens is 634 g/mol. The Balaban J connectivity index is 1.44. The second-order valence-corrected chi connectivity index (χ2v) is 14.7. The van der Waals surface area contributed by atoms with Gasteiger partial charge in [-0.2, -0.15) is 26.3 Å². The number of benzene rings is 2. The molecule has 0 aromatic heterocycles. The van der Waals surface area contributed by atoms with Gasteiger partial charge in [0, 0.05) is 11.1 Å². The number of alkyl halides is 6. The van der Waals surface area contributed by atoms with Gasteiger partial charge >= 0.3 is 17.8 Å². The van der Waals surface area contributed by atoms with Crippen LogP contribution in [0.1, 0.15) is 50.9 Å². The van der Waals surface area contributed by atoms with Gasteiger partial charge in [-0.1, -0.05) is 60.7 Å². The lowest BCUT2D eigenvalue weighted by Gasteiger charge is -2.47. The monoisotopic (exact) mass is 662 g/mol. The number of rotatable bonds is 6. The quantitative estimate of drug-likeness (QED) is 0.308. The van der Waals surface area contributed by atoms with Gasteiger partial charge in [-0.05, 0) is 62.1 Å². The molecular formula is C33H28F6N2O2S2. The van der Waals surface area contributed by atoms with Gasteiger partial charge < -0.3 is 10.6 Å². The molecule has 2 unspecified atom stereocenters. The van der Waals surface area contributed by atoms with E-state index in [0.717, 1.165) is 46.8 Å². The fourth-order valence-electron chi connectivity index (χ4n) is 6.32. The van der Waals surface area contributed by atoms with Crippen molar-refractivity contribution in [3.8, 4) is 0 Å². The topological polar surface area (TPSA) is 58.2 Å². The van der Waals surface area contributed by atoms with Crippen LogP contribution in [0.3, 0.4) is 0 Å². The minimum absolute atomic E-state index is 0.0878. The van der Waals surface area contributed by atoms with Crippen LogP contribution in [0.5, 0.6) is 0 Å². The van der Waals surface area contributed by atoms with Gasteiger partial charge in [-0.25, -0.2) is 0 Å². The van der Waals surface area contributed by atoms with Crippen LogP contribution in [-0.4, -0.2) is 39.1 Å². The van der Waals surface area contributed by atoms with Crippen LogP contribution in [0.4, 0.5) is 26.3 Å². The predicted octanol–water partition coefficient (Wildman–Crippen LogP) is 8.05. The Morgan fingerprint density at radius 1 is 0.622 bits per heavy atom. The number of amides is 2. The fourth-order valence-corrected chi connectivity index (χ4v) is 9.26. The Morgan fingerprint density at radius 3 is 1.29 bits per heavy atom. The molecule has 2 aromatic rings. The molecule has 1 fully saturated rings. The number of carbonyl (C=O) groups excluding carboxylic acids is 2. The van der Waals surface area contributed by atoms with Gasteiger partial charge in [0.2, 0.25) is 0 Å². The fraction of sp³-hybridized carbons (Fsp3) is 0.333. The van der Waals surface area contributed by atoms with Crippen LogP contribution < -0.4 is 10.6 Å². The number of nitrogens with one attached hydrogen (secondary N) is 2. The molecule has 4 atom stereocenters. The number of hydrogen-bond acceptors (Lipinski definition) is 4. The van der Waals surface area contributed by atoms with Crippen molar-refractivity contribution in [2.24, 2.45) is 0 Å². The van der Waals surface area contributed by atoms with Crippen LogP contribution in [0.25, 0.3) is 0 Å². The van der Waals surface area contributed by atoms with Gasteiger partial charge in [0.25, 0.3) is 11.8 Å². The maximum atomic E-state index is 15.6. The molecule has 2 amide bonds. The lowest BCUT2D eigenvalue weighted by Crippen LogP contribution is -2.49. The minimum Gasteiger partial charge on any atom is -0.345 e. The first-order valence-corrected chi connectivity index (χ1v) is 15.8. The van der Waals surface area contributed by atoms with Crippen molar-refractivity contribution < 1.29 is 35.9 Å². The zero-order valence-electron chi connectivity index (χ0n) is 24.5. The van der Waals surface area contributed by atoms with Crippen molar-refractivity contribution in [1.82, 2.24) is 10.6 Å². The van der Waals surface area contributed by atoms with Crippen molar-refractivity contribution in [2.45, 2.75) is 67.0 Å². The smallest absolute Gasteiger partial charge is 0.345 e. The van der Waals surface area contributed by atoms with Gasteiger partial charge in [-0.15, -0.1) is 23.5 Å². The third kappa shape index (κ3) is 4.38. The highest BCUT2D eigenvalue weighted by Crippen LogP contribution is 2.74. The summed E-state index contributed by atoms with van der Waals surface area (Å²) in [6.07, 6.45) is 2.05. The first-order valence-electron chi connectivity index (χ1n) is 14.1. The van der Waals surface area contributed by atoms with E-state index in [1.807, 2.05) is 0 Å². The van der Waals surface area contributed by atoms with Crippen molar-refractivity contribution >= 4 is 35.3 Å². The number of fused-ring (bicyclic) bond motifs is 4. The molecule has 2 aromatic carbocycles. The Hall–Kier alpha value is -3.38. The largest absolute Gasteiger partial charge is 0.380 e. The number of hydrogen-bond donors (Lipinski definition) is 2. The summed E-state index contributed by atoms with van der Waals surface area (Å²) < 4.78 is 89.0. The Morgan fingerprint density at radius 2 is 0.956 bits per heavy atom. The number of allylic oxidation sites excluding steroid dienone is 4. The van der Waals surface area contributed by atoms with Gasteiger partial charge in [-0.3, -0.25) is 9.59 Å².